The van der Waals surface area contributed by atoms with Gasteiger partial charge in [0.15, 0.2) is 5.82 Å². The van der Waals surface area contributed by atoms with Crippen LogP contribution >= 0.6 is 23.4 Å². The maximum absolute atomic E-state index is 12.6. The Morgan fingerprint density at radius 1 is 0.880 bits per heavy atom. The second kappa shape index (κ2) is 7.04. The fourth-order valence-electron chi connectivity index (χ4n) is 2.42. The number of halogens is 2. The van der Waals surface area contributed by atoms with Crippen molar-refractivity contribution in [2.24, 2.45) is 0 Å². The summed E-state index contributed by atoms with van der Waals surface area (Å²) in [5.74, 6) is 0.124. The zero-order valence-corrected chi connectivity index (χ0v) is 15.6. The molecule has 0 aliphatic carbocycles. The average molecular weight is 393 g/mol. The van der Waals surface area contributed by atoms with Crippen LogP contribution in [0.25, 0.3) is 11.1 Å². The first-order valence-electron chi connectivity index (χ1n) is 7.40. The Balaban J connectivity index is 2.00. The van der Waals surface area contributed by atoms with Gasteiger partial charge in [-0.15, -0.1) is 0 Å². The predicted octanol–water partition coefficient (Wildman–Crippen LogP) is 5.06. The van der Waals surface area contributed by atoms with Gasteiger partial charge in [-0.25, -0.2) is 4.98 Å². The first-order chi connectivity index (χ1) is 11.9. The van der Waals surface area contributed by atoms with Crippen molar-refractivity contribution >= 4 is 39.2 Å². The Kier molecular flexibility index (Phi) is 4.99. The molecule has 0 fully saturated rings. The average Bonchev–Trinajstić information content (AvgIpc) is 2.62. The summed E-state index contributed by atoms with van der Waals surface area (Å²) in [6, 6.07) is 18.7. The number of pyridine rings is 1. The minimum Gasteiger partial charge on any atom is -0.233 e. The number of hydrogen-bond donors (Lipinski definition) is 0. The lowest BCUT2D eigenvalue weighted by molar-refractivity contribution is 0.597. The molecule has 0 aliphatic rings. The van der Waals surface area contributed by atoms with Crippen molar-refractivity contribution in [3.8, 4) is 11.1 Å². The molecule has 0 unspecified atom stereocenters. The summed E-state index contributed by atoms with van der Waals surface area (Å²) in [6.45, 7) is 1.78. The van der Waals surface area contributed by atoms with Gasteiger partial charge in [0.05, 0.1) is 4.90 Å². The summed E-state index contributed by atoms with van der Waals surface area (Å²) in [5, 5.41) is 0.597. The molecule has 0 spiro atoms. The molecule has 0 bridgehead atoms. The molecule has 0 saturated carbocycles. The molecule has 1 aromatic heterocycles. The molecule has 128 valence electrons. The zero-order chi connectivity index (χ0) is 18.0. The molecule has 25 heavy (non-hydrogen) atoms. The van der Waals surface area contributed by atoms with Gasteiger partial charge in [0.1, 0.15) is 0 Å². The summed E-state index contributed by atoms with van der Waals surface area (Å²) in [5.41, 5.74) is 2.27. The summed E-state index contributed by atoms with van der Waals surface area (Å²) < 4.78 is 25.8. The summed E-state index contributed by atoms with van der Waals surface area (Å²) in [4.78, 5) is 4.44. The van der Waals surface area contributed by atoms with E-state index in [0.717, 1.165) is 11.1 Å². The number of aromatic nitrogens is 1. The van der Waals surface area contributed by atoms with Crippen molar-refractivity contribution in [1.82, 2.24) is 4.98 Å². The Morgan fingerprint density at radius 3 is 2.16 bits per heavy atom. The molecule has 2 aromatic carbocycles. The number of sulfonamides is 1. The van der Waals surface area contributed by atoms with Crippen LogP contribution in [0.5, 0.6) is 0 Å². The molecule has 3 aromatic rings. The van der Waals surface area contributed by atoms with Crippen LogP contribution in [0, 0.1) is 6.92 Å². The molecule has 0 N–H and O–H groups in total. The molecule has 1 heterocycles. The third-order valence-electron chi connectivity index (χ3n) is 3.67. The maximum Gasteiger partial charge on any atom is 0.279 e. The molecule has 0 radical (unpaired) electrons. The number of benzene rings is 2. The number of rotatable bonds is 4. The van der Waals surface area contributed by atoms with Crippen molar-refractivity contribution in [2.45, 2.75) is 11.8 Å². The number of nitrogens with zero attached hydrogens (tertiary/aromatic N) is 2. The molecular formula is C18H14Cl2N2O2S. The van der Waals surface area contributed by atoms with E-state index in [9.17, 15) is 8.42 Å². The van der Waals surface area contributed by atoms with Crippen molar-refractivity contribution < 1.29 is 8.42 Å². The van der Waals surface area contributed by atoms with E-state index < -0.39 is 10.0 Å². The van der Waals surface area contributed by atoms with Crippen LogP contribution in [-0.4, -0.2) is 13.4 Å². The SMILES string of the molecule is Cc1nc(N(Cl)S(=O)(=O)c2ccccc2)ccc1-c1ccccc1Cl. The molecule has 0 atom stereocenters. The standard InChI is InChI=1S/C18H14Cl2N2O2S/c1-13-15(16-9-5-6-10-17(16)19)11-12-18(21-13)22(20)25(23,24)14-7-3-2-4-8-14/h2-12H,1H3. The van der Waals surface area contributed by atoms with E-state index in [1.165, 1.54) is 12.1 Å². The fraction of sp³-hybridized carbons (Fsp3) is 0.0556. The van der Waals surface area contributed by atoms with Crippen LogP contribution in [0.2, 0.25) is 5.02 Å². The molecule has 3 rings (SSSR count). The van der Waals surface area contributed by atoms with Gasteiger partial charge in [0, 0.05) is 33.6 Å². The second-order valence-corrected chi connectivity index (χ2v) is 8.05. The van der Waals surface area contributed by atoms with E-state index in [1.807, 2.05) is 18.2 Å². The van der Waals surface area contributed by atoms with Gasteiger partial charge in [-0.2, -0.15) is 12.2 Å². The van der Waals surface area contributed by atoms with Gasteiger partial charge in [-0.3, -0.25) is 0 Å². The topological polar surface area (TPSA) is 50.3 Å². The fourth-order valence-corrected chi connectivity index (χ4v) is 4.02. The highest BCUT2D eigenvalue weighted by Crippen LogP contribution is 2.32. The van der Waals surface area contributed by atoms with Crippen LogP contribution in [-0.2, 0) is 10.0 Å². The number of anilines is 1. The van der Waals surface area contributed by atoms with Gasteiger partial charge >= 0.3 is 0 Å². The lowest BCUT2D eigenvalue weighted by atomic mass is 10.0. The Morgan fingerprint density at radius 2 is 1.52 bits per heavy atom. The van der Waals surface area contributed by atoms with Crippen LogP contribution in [0.3, 0.4) is 0 Å². The molecule has 4 nitrogen and oxygen atoms in total. The number of hydrogen-bond acceptors (Lipinski definition) is 3. The third kappa shape index (κ3) is 3.49. The molecule has 0 aliphatic heterocycles. The van der Waals surface area contributed by atoms with E-state index in [1.54, 1.807) is 43.3 Å². The minimum atomic E-state index is -3.88. The Hall–Kier alpha value is -2.08. The predicted molar refractivity (Wildman–Crippen MR) is 101 cm³/mol. The molecule has 0 amide bonds. The van der Waals surface area contributed by atoms with Crippen molar-refractivity contribution in [2.75, 3.05) is 3.82 Å². The monoisotopic (exact) mass is 392 g/mol. The molecule has 0 saturated heterocycles. The minimum absolute atomic E-state index is 0.0969. The first kappa shape index (κ1) is 17.7. The summed E-state index contributed by atoms with van der Waals surface area (Å²) in [7, 11) is -3.88. The molecule has 7 heteroatoms. The van der Waals surface area contributed by atoms with E-state index in [0.29, 0.717) is 14.5 Å². The van der Waals surface area contributed by atoms with Crippen molar-refractivity contribution in [3.05, 3.63) is 77.4 Å². The van der Waals surface area contributed by atoms with Crippen LogP contribution < -0.4 is 3.82 Å². The van der Waals surface area contributed by atoms with E-state index in [4.69, 9.17) is 23.4 Å². The van der Waals surface area contributed by atoms with Crippen LogP contribution in [0.4, 0.5) is 5.82 Å². The first-order valence-corrected chi connectivity index (χ1v) is 9.55. The second-order valence-electron chi connectivity index (χ2n) is 5.32. The van der Waals surface area contributed by atoms with E-state index >= 15 is 0 Å². The van der Waals surface area contributed by atoms with E-state index in [-0.39, 0.29) is 10.7 Å². The zero-order valence-electron chi connectivity index (χ0n) is 13.2. The molecular weight excluding hydrogens is 379 g/mol. The Bertz CT molecular complexity index is 1010. The highest BCUT2D eigenvalue weighted by Gasteiger charge is 2.25. The normalized spacial score (nSPS) is 11.3. The van der Waals surface area contributed by atoms with E-state index in [2.05, 4.69) is 4.98 Å². The summed E-state index contributed by atoms with van der Waals surface area (Å²) in [6.07, 6.45) is 0. The lowest BCUT2D eigenvalue weighted by Crippen LogP contribution is -2.22. The lowest BCUT2D eigenvalue weighted by Gasteiger charge is -2.17. The summed E-state index contributed by atoms with van der Waals surface area (Å²) >= 11 is 12.3. The number of aryl methyl sites for hydroxylation is 1. The largest absolute Gasteiger partial charge is 0.279 e. The quantitative estimate of drug-likeness (QED) is 0.583. The van der Waals surface area contributed by atoms with Crippen molar-refractivity contribution in [3.63, 3.8) is 0 Å². The van der Waals surface area contributed by atoms with Crippen molar-refractivity contribution in [1.29, 1.82) is 0 Å². The van der Waals surface area contributed by atoms with Gasteiger partial charge in [-0.1, -0.05) is 48.0 Å². The highest BCUT2D eigenvalue weighted by molar-refractivity contribution is 7.94. The Labute approximate surface area is 156 Å². The van der Waals surface area contributed by atoms with Gasteiger partial charge in [0.2, 0.25) is 0 Å². The van der Waals surface area contributed by atoms with Gasteiger partial charge in [-0.05, 0) is 37.3 Å². The van der Waals surface area contributed by atoms with Crippen LogP contribution in [0.1, 0.15) is 5.69 Å². The maximum atomic E-state index is 12.6. The van der Waals surface area contributed by atoms with Crippen LogP contribution in [0.15, 0.2) is 71.6 Å². The smallest absolute Gasteiger partial charge is 0.233 e. The highest BCUT2D eigenvalue weighted by atomic mass is 35.5. The third-order valence-corrected chi connectivity index (χ3v) is 6.19. The van der Waals surface area contributed by atoms with Gasteiger partial charge < -0.3 is 0 Å². The van der Waals surface area contributed by atoms with Gasteiger partial charge in [0.25, 0.3) is 10.0 Å².